The Labute approximate surface area is 145 Å². The molecule has 2 aromatic carbocycles. The highest BCUT2D eigenvalue weighted by Gasteiger charge is 2.21. The van der Waals surface area contributed by atoms with Gasteiger partial charge in [-0.25, -0.2) is 12.8 Å². The van der Waals surface area contributed by atoms with E-state index in [0.717, 1.165) is 15.3 Å². The van der Waals surface area contributed by atoms with Gasteiger partial charge in [0.05, 0.1) is 23.9 Å². The van der Waals surface area contributed by atoms with Crippen LogP contribution in [0.1, 0.15) is 11.3 Å². The van der Waals surface area contributed by atoms with Gasteiger partial charge in [-0.3, -0.25) is 4.31 Å². The van der Waals surface area contributed by atoms with Crippen LogP contribution in [0.5, 0.6) is 0 Å². The third kappa shape index (κ3) is 4.36. The molecular formula is C19H16FNO3S. The Kier molecular flexibility index (Phi) is 5.00. The van der Waals surface area contributed by atoms with E-state index in [1.807, 2.05) is 18.2 Å². The fraction of sp³-hybridized carbons (Fsp3) is 0.0526. The number of rotatable bonds is 6. The Bertz CT molecular complexity index is 951. The van der Waals surface area contributed by atoms with Crippen molar-refractivity contribution in [2.24, 2.45) is 0 Å². The summed E-state index contributed by atoms with van der Waals surface area (Å²) in [5.41, 5.74) is 0.984. The predicted molar refractivity (Wildman–Crippen MR) is 95.7 cm³/mol. The normalized spacial score (nSPS) is 11.7. The summed E-state index contributed by atoms with van der Waals surface area (Å²) in [5, 5.41) is 1.11. The molecule has 1 aromatic heterocycles. The molecule has 3 aromatic rings. The van der Waals surface area contributed by atoms with Gasteiger partial charge < -0.3 is 4.42 Å². The third-order valence-corrected chi connectivity index (χ3v) is 4.95. The summed E-state index contributed by atoms with van der Waals surface area (Å²) in [6.07, 6.45) is 2.97. The van der Waals surface area contributed by atoms with Crippen LogP contribution in [0.2, 0.25) is 0 Å². The van der Waals surface area contributed by atoms with Gasteiger partial charge in [-0.05, 0) is 42.0 Å². The largest absolute Gasteiger partial charge is 0.467 e. The van der Waals surface area contributed by atoms with Gasteiger partial charge in [-0.1, -0.05) is 36.4 Å². The highest BCUT2D eigenvalue weighted by atomic mass is 32.2. The molecule has 0 aliphatic heterocycles. The average Bonchev–Trinajstić information content (AvgIpc) is 3.12. The van der Waals surface area contributed by atoms with E-state index >= 15 is 0 Å². The second-order valence-corrected chi connectivity index (χ2v) is 7.07. The van der Waals surface area contributed by atoms with E-state index in [0.29, 0.717) is 5.76 Å². The highest BCUT2D eigenvalue weighted by molar-refractivity contribution is 7.95. The fourth-order valence-corrected chi connectivity index (χ4v) is 3.50. The lowest BCUT2D eigenvalue weighted by Crippen LogP contribution is -2.28. The second kappa shape index (κ2) is 7.36. The summed E-state index contributed by atoms with van der Waals surface area (Å²) >= 11 is 0. The monoisotopic (exact) mass is 357 g/mol. The van der Waals surface area contributed by atoms with Gasteiger partial charge in [0.1, 0.15) is 11.6 Å². The van der Waals surface area contributed by atoms with Crippen LogP contribution in [0.3, 0.4) is 0 Å². The maximum absolute atomic E-state index is 13.6. The maximum Gasteiger partial charge on any atom is 0.257 e. The molecular weight excluding hydrogens is 341 g/mol. The molecule has 128 valence electrons. The van der Waals surface area contributed by atoms with E-state index in [4.69, 9.17) is 4.42 Å². The summed E-state index contributed by atoms with van der Waals surface area (Å²) in [5.74, 6) is -0.0508. The molecule has 0 saturated heterocycles. The molecule has 0 amide bonds. The molecule has 0 aliphatic carbocycles. The summed E-state index contributed by atoms with van der Waals surface area (Å²) in [4.78, 5) is 0. The quantitative estimate of drug-likeness (QED) is 0.656. The summed E-state index contributed by atoms with van der Waals surface area (Å²) in [6, 6.07) is 17.9. The van der Waals surface area contributed by atoms with E-state index in [9.17, 15) is 12.8 Å². The predicted octanol–water partition coefficient (Wildman–Crippen LogP) is 4.43. The molecule has 4 nitrogen and oxygen atoms in total. The molecule has 0 N–H and O–H groups in total. The highest BCUT2D eigenvalue weighted by Crippen LogP contribution is 2.23. The van der Waals surface area contributed by atoms with Crippen LogP contribution in [0.15, 0.2) is 82.8 Å². The van der Waals surface area contributed by atoms with Crippen molar-refractivity contribution in [3.63, 3.8) is 0 Å². The molecule has 6 heteroatoms. The van der Waals surface area contributed by atoms with Gasteiger partial charge in [0.2, 0.25) is 0 Å². The van der Waals surface area contributed by atoms with E-state index in [1.165, 1.54) is 30.5 Å². The van der Waals surface area contributed by atoms with Crippen molar-refractivity contribution in [1.29, 1.82) is 0 Å². The van der Waals surface area contributed by atoms with Crippen LogP contribution >= 0.6 is 0 Å². The van der Waals surface area contributed by atoms with Crippen LogP contribution in [-0.4, -0.2) is 8.42 Å². The first kappa shape index (κ1) is 17.0. The van der Waals surface area contributed by atoms with E-state index in [-0.39, 0.29) is 12.2 Å². The molecule has 0 bridgehead atoms. The molecule has 0 fully saturated rings. The van der Waals surface area contributed by atoms with E-state index in [2.05, 4.69) is 0 Å². The first-order chi connectivity index (χ1) is 12.0. The Morgan fingerprint density at radius 2 is 1.80 bits per heavy atom. The van der Waals surface area contributed by atoms with Crippen LogP contribution in [0.25, 0.3) is 6.08 Å². The van der Waals surface area contributed by atoms with Gasteiger partial charge in [-0.2, -0.15) is 0 Å². The number of benzene rings is 2. The molecule has 0 saturated carbocycles. The number of sulfonamides is 1. The number of hydrogen-bond acceptors (Lipinski definition) is 3. The summed E-state index contributed by atoms with van der Waals surface area (Å²) in [6.45, 7) is -0.0298. The van der Waals surface area contributed by atoms with Crippen LogP contribution in [0.4, 0.5) is 10.1 Å². The average molecular weight is 357 g/mol. The van der Waals surface area contributed by atoms with Crippen molar-refractivity contribution in [3.8, 4) is 0 Å². The number of hydrogen-bond donors (Lipinski definition) is 0. The van der Waals surface area contributed by atoms with Crippen molar-refractivity contribution < 1.29 is 17.2 Å². The minimum Gasteiger partial charge on any atom is -0.467 e. The van der Waals surface area contributed by atoms with Crippen molar-refractivity contribution in [3.05, 3.63) is 95.5 Å². The van der Waals surface area contributed by atoms with Crippen LogP contribution in [-0.2, 0) is 16.6 Å². The molecule has 0 aliphatic rings. The molecule has 0 spiro atoms. The number of nitrogens with zero attached hydrogens (tertiary/aromatic N) is 1. The molecule has 1 heterocycles. The second-order valence-electron chi connectivity index (χ2n) is 5.32. The van der Waals surface area contributed by atoms with Gasteiger partial charge in [0.25, 0.3) is 10.0 Å². The lowest BCUT2D eigenvalue weighted by molar-refractivity contribution is 0.509. The molecule has 0 radical (unpaired) electrons. The molecule has 25 heavy (non-hydrogen) atoms. The van der Waals surface area contributed by atoms with Crippen LogP contribution < -0.4 is 4.31 Å². The first-order valence-corrected chi connectivity index (χ1v) is 9.09. The topological polar surface area (TPSA) is 50.5 Å². The standard InChI is InChI=1S/C19H16FNO3S/c20-17-8-4-9-18(14-17)21(15-19-10-5-12-24-19)25(22,23)13-11-16-6-2-1-3-7-16/h1-14H,15H2/b13-11-. The Balaban J connectivity index is 1.96. The molecule has 3 rings (SSSR count). The lowest BCUT2D eigenvalue weighted by atomic mass is 10.2. The van der Waals surface area contributed by atoms with Crippen molar-refractivity contribution >= 4 is 21.8 Å². The number of anilines is 1. The SMILES string of the molecule is O=S(=O)(/C=C\c1ccccc1)N(Cc1ccco1)c1cccc(F)c1. The summed E-state index contributed by atoms with van der Waals surface area (Å²) in [7, 11) is -3.84. The third-order valence-electron chi connectivity index (χ3n) is 3.51. The van der Waals surface area contributed by atoms with E-state index in [1.54, 1.807) is 30.3 Å². The minimum atomic E-state index is -3.84. The Morgan fingerprint density at radius 1 is 1.00 bits per heavy atom. The zero-order chi connectivity index (χ0) is 17.7. The zero-order valence-electron chi connectivity index (χ0n) is 13.2. The number of halogens is 1. The smallest absolute Gasteiger partial charge is 0.257 e. The van der Waals surface area contributed by atoms with Gasteiger partial charge >= 0.3 is 0 Å². The fourth-order valence-electron chi connectivity index (χ4n) is 2.31. The lowest BCUT2D eigenvalue weighted by Gasteiger charge is -2.21. The first-order valence-electron chi connectivity index (χ1n) is 7.58. The van der Waals surface area contributed by atoms with Crippen molar-refractivity contribution in [2.45, 2.75) is 6.54 Å². The van der Waals surface area contributed by atoms with Crippen molar-refractivity contribution in [1.82, 2.24) is 0 Å². The maximum atomic E-state index is 13.6. The van der Waals surface area contributed by atoms with Crippen molar-refractivity contribution in [2.75, 3.05) is 4.31 Å². The summed E-state index contributed by atoms with van der Waals surface area (Å²) < 4.78 is 45.6. The van der Waals surface area contributed by atoms with Gasteiger partial charge in [0, 0.05) is 0 Å². The molecule has 0 unspecified atom stereocenters. The Morgan fingerprint density at radius 3 is 2.48 bits per heavy atom. The Hall–Kier alpha value is -2.86. The van der Waals surface area contributed by atoms with Gasteiger partial charge in [0.15, 0.2) is 0 Å². The molecule has 0 atom stereocenters. The minimum absolute atomic E-state index is 0.0298. The van der Waals surface area contributed by atoms with E-state index < -0.39 is 15.8 Å². The number of furan rings is 1. The van der Waals surface area contributed by atoms with Crippen LogP contribution in [0, 0.1) is 5.82 Å². The zero-order valence-corrected chi connectivity index (χ0v) is 14.1. The van der Waals surface area contributed by atoms with Gasteiger partial charge in [-0.15, -0.1) is 0 Å².